The molecule has 0 amide bonds. The second-order valence-corrected chi connectivity index (χ2v) is 3.73. The van der Waals surface area contributed by atoms with Gasteiger partial charge in [-0.05, 0) is 40.9 Å². The lowest BCUT2D eigenvalue weighted by atomic mass is 10.0. The highest BCUT2D eigenvalue weighted by Gasteiger charge is 1.94. The number of benzene rings is 1. The van der Waals surface area contributed by atoms with Crippen LogP contribution in [0.4, 0.5) is 0 Å². The molecule has 0 aliphatic heterocycles. The number of hydrogen-bond donors (Lipinski definition) is 0. The Bertz CT molecular complexity index is 342. The predicted octanol–water partition coefficient (Wildman–Crippen LogP) is 3.63. The van der Waals surface area contributed by atoms with Crippen molar-refractivity contribution in [1.82, 2.24) is 0 Å². The van der Waals surface area contributed by atoms with Crippen LogP contribution in [0.15, 0.2) is 18.2 Å². The molecular weight excluding hydrogens is 271 g/mol. The zero-order chi connectivity index (χ0) is 9.68. The van der Waals surface area contributed by atoms with Crippen LogP contribution in [0.5, 0.6) is 0 Å². The summed E-state index contributed by atoms with van der Waals surface area (Å²) in [5, 5.41) is 0. The van der Waals surface area contributed by atoms with Gasteiger partial charge in [-0.2, -0.15) is 0 Å². The number of halogens is 1. The van der Waals surface area contributed by atoms with E-state index in [2.05, 4.69) is 64.5 Å². The summed E-state index contributed by atoms with van der Waals surface area (Å²) in [5.41, 5.74) is 4.13. The fourth-order valence-corrected chi connectivity index (χ4v) is 1.48. The average molecular weight is 284 g/mol. The summed E-state index contributed by atoms with van der Waals surface area (Å²) in [6, 6.07) is 6.63. The maximum Gasteiger partial charge on any atom is 0.0181 e. The molecule has 0 nitrogen and oxygen atoms in total. The SMILES string of the molecule is Cc1ccc(CCC#CI)cc1C. The van der Waals surface area contributed by atoms with E-state index in [1.807, 2.05) is 0 Å². The maximum atomic E-state index is 3.07. The summed E-state index contributed by atoms with van der Waals surface area (Å²) < 4.78 is 2.88. The van der Waals surface area contributed by atoms with E-state index in [1.54, 1.807) is 0 Å². The average Bonchev–Trinajstić information content (AvgIpc) is 2.12. The minimum Gasteiger partial charge on any atom is -0.0915 e. The van der Waals surface area contributed by atoms with Gasteiger partial charge in [0.1, 0.15) is 0 Å². The van der Waals surface area contributed by atoms with Crippen molar-refractivity contribution in [3.05, 3.63) is 34.9 Å². The lowest BCUT2D eigenvalue weighted by molar-refractivity contribution is 1.02. The van der Waals surface area contributed by atoms with Crippen LogP contribution >= 0.6 is 22.6 Å². The van der Waals surface area contributed by atoms with E-state index in [1.165, 1.54) is 16.7 Å². The van der Waals surface area contributed by atoms with Gasteiger partial charge in [0, 0.05) is 29.0 Å². The van der Waals surface area contributed by atoms with E-state index in [-0.39, 0.29) is 0 Å². The zero-order valence-corrected chi connectivity index (χ0v) is 10.2. The molecule has 0 bridgehead atoms. The molecule has 0 heterocycles. The van der Waals surface area contributed by atoms with Crippen LogP contribution < -0.4 is 0 Å². The first-order chi connectivity index (χ1) is 6.24. The van der Waals surface area contributed by atoms with E-state index in [4.69, 9.17) is 0 Å². The smallest absolute Gasteiger partial charge is 0.0181 e. The normalized spacial score (nSPS) is 9.15. The molecule has 0 atom stereocenters. The van der Waals surface area contributed by atoms with Gasteiger partial charge in [0.05, 0.1) is 0 Å². The molecular formula is C12H13I. The second-order valence-electron chi connectivity index (χ2n) is 3.19. The van der Waals surface area contributed by atoms with Crippen molar-refractivity contribution >= 4 is 22.6 Å². The Labute approximate surface area is 93.9 Å². The van der Waals surface area contributed by atoms with Gasteiger partial charge in [0.15, 0.2) is 0 Å². The summed E-state index contributed by atoms with van der Waals surface area (Å²) in [4.78, 5) is 0. The minimum absolute atomic E-state index is 0.964. The van der Waals surface area contributed by atoms with E-state index in [9.17, 15) is 0 Å². The quantitative estimate of drug-likeness (QED) is 0.574. The Morgan fingerprint density at radius 2 is 2.00 bits per heavy atom. The van der Waals surface area contributed by atoms with E-state index in [0.29, 0.717) is 0 Å². The Balaban J connectivity index is 2.66. The maximum absolute atomic E-state index is 3.07. The van der Waals surface area contributed by atoms with Crippen molar-refractivity contribution in [2.45, 2.75) is 26.7 Å². The van der Waals surface area contributed by atoms with E-state index in [0.717, 1.165) is 12.8 Å². The number of hydrogen-bond acceptors (Lipinski definition) is 0. The molecule has 1 heteroatoms. The molecule has 0 unspecified atom stereocenters. The van der Waals surface area contributed by atoms with Crippen molar-refractivity contribution in [3.63, 3.8) is 0 Å². The molecule has 0 aromatic heterocycles. The molecule has 1 aromatic carbocycles. The molecule has 0 spiro atoms. The van der Waals surface area contributed by atoms with E-state index >= 15 is 0 Å². The fraction of sp³-hybridized carbons (Fsp3) is 0.333. The van der Waals surface area contributed by atoms with Crippen molar-refractivity contribution in [3.8, 4) is 9.85 Å². The van der Waals surface area contributed by atoms with Gasteiger partial charge >= 0.3 is 0 Å². The lowest BCUT2D eigenvalue weighted by Gasteiger charge is -2.02. The molecule has 13 heavy (non-hydrogen) atoms. The first-order valence-corrected chi connectivity index (χ1v) is 5.46. The standard InChI is InChI=1S/C12H13I/c1-10-6-7-12(9-11(10)2)5-3-4-8-13/h6-7,9H,3,5H2,1-2H3. The highest BCUT2D eigenvalue weighted by Crippen LogP contribution is 2.11. The molecule has 0 saturated heterocycles. The topological polar surface area (TPSA) is 0 Å². The Hall–Kier alpha value is -0.490. The molecule has 0 fully saturated rings. The summed E-state index contributed by atoms with van der Waals surface area (Å²) in [7, 11) is 0. The van der Waals surface area contributed by atoms with Gasteiger partial charge in [-0.3, -0.25) is 0 Å². The van der Waals surface area contributed by atoms with E-state index < -0.39 is 0 Å². The number of rotatable bonds is 2. The fourth-order valence-electron chi connectivity index (χ4n) is 1.21. The molecule has 0 N–H and O–H groups in total. The zero-order valence-electron chi connectivity index (χ0n) is 8.02. The van der Waals surface area contributed by atoms with Crippen molar-refractivity contribution in [2.24, 2.45) is 0 Å². The molecule has 0 radical (unpaired) electrons. The third-order valence-electron chi connectivity index (χ3n) is 2.18. The van der Waals surface area contributed by atoms with Crippen LogP contribution in [0.1, 0.15) is 23.1 Å². The van der Waals surface area contributed by atoms with Gasteiger partial charge in [0.2, 0.25) is 0 Å². The molecule has 0 aliphatic carbocycles. The van der Waals surface area contributed by atoms with Crippen LogP contribution in [0.2, 0.25) is 0 Å². The van der Waals surface area contributed by atoms with Crippen LogP contribution in [-0.2, 0) is 6.42 Å². The lowest BCUT2D eigenvalue weighted by Crippen LogP contribution is -1.87. The molecule has 1 aromatic rings. The Kier molecular flexibility index (Phi) is 4.31. The monoisotopic (exact) mass is 284 g/mol. The third kappa shape index (κ3) is 3.40. The van der Waals surface area contributed by atoms with Gasteiger partial charge < -0.3 is 0 Å². The largest absolute Gasteiger partial charge is 0.0915 e. The molecule has 68 valence electrons. The summed E-state index contributed by atoms with van der Waals surface area (Å²) in [5.74, 6) is 3.07. The van der Waals surface area contributed by atoms with Gasteiger partial charge in [-0.25, -0.2) is 0 Å². The molecule has 0 saturated carbocycles. The van der Waals surface area contributed by atoms with Crippen LogP contribution in [0.3, 0.4) is 0 Å². The summed E-state index contributed by atoms with van der Waals surface area (Å²) >= 11 is 2.08. The minimum atomic E-state index is 0.964. The Morgan fingerprint density at radius 1 is 1.23 bits per heavy atom. The van der Waals surface area contributed by atoms with Gasteiger partial charge in [0.25, 0.3) is 0 Å². The first-order valence-electron chi connectivity index (χ1n) is 4.38. The Morgan fingerprint density at radius 3 is 2.62 bits per heavy atom. The molecule has 0 aliphatic rings. The van der Waals surface area contributed by atoms with Crippen molar-refractivity contribution < 1.29 is 0 Å². The van der Waals surface area contributed by atoms with Crippen molar-refractivity contribution in [1.29, 1.82) is 0 Å². The third-order valence-corrected chi connectivity index (χ3v) is 2.56. The predicted molar refractivity (Wildman–Crippen MR) is 66.0 cm³/mol. The van der Waals surface area contributed by atoms with Gasteiger partial charge in [-0.1, -0.05) is 24.1 Å². The molecule has 1 rings (SSSR count). The number of aryl methyl sites for hydroxylation is 3. The summed E-state index contributed by atoms with van der Waals surface area (Å²) in [6.45, 7) is 4.30. The van der Waals surface area contributed by atoms with Gasteiger partial charge in [-0.15, -0.1) is 0 Å². The first kappa shape index (κ1) is 10.6. The van der Waals surface area contributed by atoms with Crippen LogP contribution in [-0.4, -0.2) is 0 Å². The highest BCUT2D eigenvalue weighted by molar-refractivity contribution is 14.1. The van der Waals surface area contributed by atoms with Crippen molar-refractivity contribution in [2.75, 3.05) is 0 Å². The summed E-state index contributed by atoms with van der Waals surface area (Å²) in [6.07, 6.45) is 2.03. The second kappa shape index (κ2) is 5.29. The highest BCUT2D eigenvalue weighted by atomic mass is 127. The van der Waals surface area contributed by atoms with Crippen LogP contribution in [0, 0.1) is 23.7 Å². The van der Waals surface area contributed by atoms with Crippen LogP contribution in [0.25, 0.3) is 0 Å².